The van der Waals surface area contributed by atoms with Crippen molar-refractivity contribution in [3.05, 3.63) is 35.9 Å². The molecule has 1 fully saturated rings. The van der Waals surface area contributed by atoms with Gasteiger partial charge in [-0.3, -0.25) is 0 Å². The molecule has 0 aliphatic heterocycles. The van der Waals surface area contributed by atoms with Crippen LogP contribution in [0, 0.1) is 0 Å². The Kier molecular flexibility index (Phi) is 2.50. The maximum absolute atomic E-state index is 10.9. The summed E-state index contributed by atoms with van der Waals surface area (Å²) < 4.78 is 5.41. The minimum atomic E-state index is -0.914. The zero-order valence-electron chi connectivity index (χ0n) is 7.72. The first-order chi connectivity index (χ1) is 6.77. The van der Waals surface area contributed by atoms with E-state index < -0.39 is 12.1 Å². The molecule has 0 aromatic heterocycles. The van der Waals surface area contributed by atoms with Crippen molar-refractivity contribution in [3.63, 3.8) is 0 Å². The highest BCUT2D eigenvalue weighted by Gasteiger charge is 2.30. The Hall–Kier alpha value is -1.35. The van der Waals surface area contributed by atoms with Crippen molar-refractivity contribution in [2.45, 2.75) is 25.0 Å². The van der Waals surface area contributed by atoms with Gasteiger partial charge < -0.3 is 9.84 Å². The Morgan fingerprint density at radius 3 is 2.50 bits per heavy atom. The lowest BCUT2D eigenvalue weighted by atomic mass is 10.1. The first kappa shape index (κ1) is 9.21. The minimum Gasteiger partial charge on any atom is -0.479 e. The number of carbonyl (C=O) groups is 1. The molecule has 0 spiro atoms. The molecule has 0 amide bonds. The van der Waals surface area contributed by atoms with Gasteiger partial charge in [-0.05, 0) is 18.4 Å². The third-order valence-electron chi connectivity index (χ3n) is 2.18. The van der Waals surface area contributed by atoms with E-state index >= 15 is 0 Å². The van der Waals surface area contributed by atoms with Gasteiger partial charge in [0.15, 0.2) is 6.10 Å². The number of carboxylic acids is 1. The summed E-state index contributed by atoms with van der Waals surface area (Å²) >= 11 is 0. The molecule has 1 aliphatic rings. The molecule has 14 heavy (non-hydrogen) atoms. The zero-order chi connectivity index (χ0) is 9.97. The second-order valence-electron chi connectivity index (χ2n) is 3.46. The lowest BCUT2D eigenvalue weighted by Crippen LogP contribution is -2.16. The molecule has 3 heteroatoms. The summed E-state index contributed by atoms with van der Waals surface area (Å²) in [6.07, 6.45) is 1.31. The Bertz CT molecular complexity index is 317. The number of rotatable bonds is 4. The van der Waals surface area contributed by atoms with E-state index in [-0.39, 0.29) is 6.10 Å². The molecule has 0 heterocycles. The molecule has 1 aliphatic carbocycles. The molecule has 1 N–H and O–H groups in total. The average Bonchev–Trinajstić information content (AvgIpc) is 2.99. The Balaban J connectivity index is 2.13. The third-order valence-corrected chi connectivity index (χ3v) is 2.18. The van der Waals surface area contributed by atoms with Gasteiger partial charge in [0.25, 0.3) is 0 Å². The number of hydrogen-bond acceptors (Lipinski definition) is 2. The fourth-order valence-electron chi connectivity index (χ4n) is 1.30. The first-order valence-electron chi connectivity index (χ1n) is 4.70. The van der Waals surface area contributed by atoms with E-state index in [9.17, 15) is 4.79 Å². The topological polar surface area (TPSA) is 46.5 Å². The van der Waals surface area contributed by atoms with Gasteiger partial charge >= 0.3 is 5.97 Å². The molecule has 1 aromatic rings. The van der Waals surface area contributed by atoms with Crippen molar-refractivity contribution in [1.82, 2.24) is 0 Å². The van der Waals surface area contributed by atoms with Crippen molar-refractivity contribution < 1.29 is 14.6 Å². The monoisotopic (exact) mass is 192 g/mol. The van der Waals surface area contributed by atoms with Crippen LogP contribution in [0.4, 0.5) is 0 Å². The lowest BCUT2D eigenvalue weighted by molar-refractivity contribution is -0.151. The Labute approximate surface area is 82.3 Å². The van der Waals surface area contributed by atoms with Gasteiger partial charge in [-0.2, -0.15) is 0 Å². The van der Waals surface area contributed by atoms with E-state index in [0.29, 0.717) is 5.56 Å². The molecule has 2 rings (SSSR count). The van der Waals surface area contributed by atoms with Crippen LogP contribution in [0.1, 0.15) is 24.5 Å². The normalized spacial score (nSPS) is 17.7. The van der Waals surface area contributed by atoms with Crippen LogP contribution in [0.15, 0.2) is 30.3 Å². The highest BCUT2D eigenvalue weighted by Crippen LogP contribution is 2.30. The predicted molar refractivity (Wildman–Crippen MR) is 50.9 cm³/mol. The van der Waals surface area contributed by atoms with Gasteiger partial charge in [-0.25, -0.2) is 4.79 Å². The summed E-state index contributed by atoms with van der Waals surface area (Å²) in [4.78, 5) is 10.9. The van der Waals surface area contributed by atoms with Crippen molar-refractivity contribution in [1.29, 1.82) is 0 Å². The third kappa shape index (κ3) is 2.12. The van der Waals surface area contributed by atoms with Gasteiger partial charge in [-0.1, -0.05) is 30.3 Å². The highest BCUT2D eigenvalue weighted by atomic mass is 16.5. The first-order valence-corrected chi connectivity index (χ1v) is 4.70. The van der Waals surface area contributed by atoms with Crippen LogP contribution in [0.25, 0.3) is 0 Å². The SMILES string of the molecule is O=C(O)[C@H](OC1CC1)c1ccccc1. The maximum Gasteiger partial charge on any atom is 0.337 e. The van der Waals surface area contributed by atoms with E-state index in [1.165, 1.54) is 0 Å². The molecular weight excluding hydrogens is 180 g/mol. The van der Waals surface area contributed by atoms with E-state index in [4.69, 9.17) is 9.84 Å². The fourth-order valence-corrected chi connectivity index (χ4v) is 1.30. The van der Waals surface area contributed by atoms with Gasteiger partial charge in [0.2, 0.25) is 0 Å². The number of carboxylic acid groups (broad SMARTS) is 1. The number of benzene rings is 1. The standard InChI is InChI=1S/C11H12O3/c12-11(13)10(14-9-6-7-9)8-4-2-1-3-5-8/h1-5,9-10H,6-7H2,(H,12,13)/t10-/m1/s1. The zero-order valence-corrected chi connectivity index (χ0v) is 7.72. The summed E-state index contributed by atoms with van der Waals surface area (Å²) in [5.74, 6) is -0.914. The molecule has 74 valence electrons. The molecule has 0 saturated heterocycles. The lowest BCUT2D eigenvalue weighted by Gasteiger charge is -2.12. The molecule has 0 unspecified atom stereocenters. The van der Waals surface area contributed by atoms with Crippen LogP contribution in [0.2, 0.25) is 0 Å². The van der Waals surface area contributed by atoms with Crippen LogP contribution in [-0.4, -0.2) is 17.2 Å². The fraction of sp³-hybridized carbons (Fsp3) is 0.364. The molecule has 0 radical (unpaired) electrons. The largest absolute Gasteiger partial charge is 0.479 e. The summed E-state index contributed by atoms with van der Waals surface area (Å²) in [5.41, 5.74) is 0.715. The van der Waals surface area contributed by atoms with E-state index in [1.807, 2.05) is 18.2 Å². The minimum absolute atomic E-state index is 0.149. The van der Waals surface area contributed by atoms with E-state index in [1.54, 1.807) is 12.1 Å². The maximum atomic E-state index is 10.9. The highest BCUT2D eigenvalue weighted by molar-refractivity contribution is 5.74. The number of aliphatic carboxylic acids is 1. The van der Waals surface area contributed by atoms with E-state index in [2.05, 4.69) is 0 Å². The quantitative estimate of drug-likeness (QED) is 0.793. The van der Waals surface area contributed by atoms with Crippen molar-refractivity contribution >= 4 is 5.97 Å². The van der Waals surface area contributed by atoms with Crippen molar-refractivity contribution in [2.75, 3.05) is 0 Å². The summed E-state index contributed by atoms with van der Waals surface area (Å²) in [7, 11) is 0. The molecule has 3 nitrogen and oxygen atoms in total. The predicted octanol–water partition coefficient (Wildman–Crippen LogP) is 1.99. The van der Waals surface area contributed by atoms with Gasteiger partial charge in [0.05, 0.1) is 6.10 Å². The number of hydrogen-bond donors (Lipinski definition) is 1. The second-order valence-corrected chi connectivity index (χ2v) is 3.46. The van der Waals surface area contributed by atoms with Crippen LogP contribution >= 0.6 is 0 Å². The summed E-state index contributed by atoms with van der Waals surface area (Å²) in [6, 6.07) is 9.06. The van der Waals surface area contributed by atoms with Crippen LogP contribution in [-0.2, 0) is 9.53 Å². The average molecular weight is 192 g/mol. The molecule has 0 bridgehead atoms. The van der Waals surface area contributed by atoms with Crippen molar-refractivity contribution in [2.24, 2.45) is 0 Å². The van der Waals surface area contributed by atoms with Gasteiger partial charge in [-0.15, -0.1) is 0 Å². The summed E-state index contributed by atoms with van der Waals surface area (Å²) in [6.45, 7) is 0. The van der Waals surface area contributed by atoms with Gasteiger partial charge in [0.1, 0.15) is 0 Å². The summed E-state index contributed by atoms with van der Waals surface area (Å²) in [5, 5.41) is 8.98. The molecule has 1 aromatic carbocycles. The Morgan fingerprint density at radius 2 is 2.00 bits per heavy atom. The van der Waals surface area contributed by atoms with E-state index in [0.717, 1.165) is 12.8 Å². The van der Waals surface area contributed by atoms with Crippen LogP contribution < -0.4 is 0 Å². The second kappa shape index (κ2) is 3.80. The van der Waals surface area contributed by atoms with Crippen LogP contribution in [0.5, 0.6) is 0 Å². The molecule has 1 atom stereocenters. The number of ether oxygens (including phenoxy) is 1. The van der Waals surface area contributed by atoms with Crippen LogP contribution in [0.3, 0.4) is 0 Å². The van der Waals surface area contributed by atoms with Gasteiger partial charge in [0, 0.05) is 0 Å². The molecular formula is C11H12O3. The smallest absolute Gasteiger partial charge is 0.337 e. The molecule has 1 saturated carbocycles. The Morgan fingerprint density at radius 1 is 1.36 bits per heavy atom. The van der Waals surface area contributed by atoms with Crippen molar-refractivity contribution in [3.8, 4) is 0 Å².